The van der Waals surface area contributed by atoms with E-state index < -0.39 is 28.5 Å². The molecule has 7 nitrogen and oxygen atoms in total. The van der Waals surface area contributed by atoms with Crippen molar-refractivity contribution in [1.82, 2.24) is 10.2 Å². The Balaban J connectivity index is 2.45. The lowest BCUT2D eigenvalue weighted by Gasteiger charge is -2.32. The summed E-state index contributed by atoms with van der Waals surface area (Å²) in [6.45, 7) is 7.14. The number of aryl methyl sites for hydroxylation is 1. The molecule has 0 aliphatic carbocycles. The van der Waals surface area contributed by atoms with Gasteiger partial charge in [0.2, 0.25) is 21.8 Å². The Morgan fingerprint density at radius 2 is 1.75 bits per heavy atom. The molecule has 32 heavy (non-hydrogen) atoms. The molecule has 2 aromatic rings. The summed E-state index contributed by atoms with van der Waals surface area (Å²) in [7, 11) is -3.76. The first-order chi connectivity index (χ1) is 15.0. The van der Waals surface area contributed by atoms with E-state index in [9.17, 15) is 18.0 Å². The van der Waals surface area contributed by atoms with Gasteiger partial charge >= 0.3 is 0 Å². The first-order valence-electron chi connectivity index (χ1n) is 10.3. The molecule has 0 heterocycles. The van der Waals surface area contributed by atoms with E-state index in [0.29, 0.717) is 22.8 Å². The molecule has 1 unspecified atom stereocenters. The number of carbonyl (C=O) groups is 2. The Hall–Kier alpha value is -2.58. The van der Waals surface area contributed by atoms with Gasteiger partial charge in [0, 0.05) is 18.1 Å². The Morgan fingerprint density at radius 3 is 2.34 bits per heavy atom. The molecule has 0 spiro atoms. The van der Waals surface area contributed by atoms with Gasteiger partial charge in [0.25, 0.3) is 0 Å². The molecule has 1 N–H and O–H groups in total. The zero-order valence-corrected chi connectivity index (χ0v) is 20.6. The first kappa shape index (κ1) is 25.7. The minimum Gasteiger partial charge on any atom is -0.355 e. The molecule has 174 valence electrons. The van der Waals surface area contributed by atoms with E-state index >= 15 is 0 Å². The SMILES string of the molecule is CCNC(=O)C(C)N(Cc1ccccc1Cl)C(=O)CN(c1cccc(C)c1C)S(C)(=O)=O. The molecule has 0 saturated carbocycles. The number of nitrogens with zero attached hydrogens (tertiary/aromatic N) is 2. The van der Waals surface area contributed by atoms with Crippen LogP contribution in [-0.2, 0) is 26.2 Å². The van der Waals surface area contributed by atoms with Crippen molar-refractivity contribution in [2.24, 2.45) is 0 Å². The number of benzene rings is 2. The molecule has 2 rings (SSSR count). The van der Waals surface area contributed by atoms with Crippen molar-refractivity contribution in [3.63, 3.8) is 0 Å². The summed E-state index contributed by atoms with van der Waals surface area (Å²) in [5.74, 6) is -0.833. The molecule has 1 atom stereocenters. The Morgan fingerprint density at radius 1 is 1.09 bits per heavy atom. The fourth-order valence-electron chi connectivity index (χ4n) is 3.32. The molecular weight excluding hydrogens is 450 g/mol. The summed E-state index contributed by atoms with van der Waals surface area (Å²) < 4.78 is 26.3. The summed E-state index contributed by atoms with van der Waals surface area (Å²) in [6.07, 6.45) is 1.06. The van der Waals surface area contributed by atoms with Crippen LogP contribution in [0.1, 0.15) is 30.5 Å². The smallest absolute Gasteiger partial charge is 0.244 e. The van der Waals surface area contributed by atoms with Crippen LogP contribution in [0.15, 0.2) is 42.5 Å². The largest absolute Gasteiger partial charge is 0.355 e. The van der Waals surface area contributed by atoms with E-state index in [1.165, 1.54) is 4.90 Å². The maximum atomic E-state index is 13.4. The summed E-state index contributed by atoms with van der Waals surface area (Å²) in [6, 6.07) is 11.5. The van der Waals surface area contributed by atoms with E-state index in [0.717, 1.165) is 21.7 Å². The minimum absolute atomic E-state index is 0.0706. The molecule has 2 aromatic carbocycles. The quantitative estimate of drug-likeness (QED) is 0.598. The monoisotopic (exact) mass is 479 g/mol. The van der Waals surface area contributed by atoms with E-state index in [1.807, 2.05) is 19.9 Å². The van der Waals surface area contributed by atoms with Crippen molar-refractivity contribution in [2.75, 3.05) is 23.7 Å². The van der Waals surface area contributed by atoms with Gasteiger partial charge in [-0.3, -0.25) is 13.9 Å². The summed E-state index contributed by atoms with van der Waals surface area (Å²) in [4.78, 5) is 27.3. The number of amides is 2. The molecule has 0 aliphatic rings. The number of likely N-dealkylation sites (N-methyl/N-ethyl adjacent to an activating group) is 1. The van der Waals surface area contributed by atoms with Gasteiger partial charge in [-0.15, -0.1) is 0 Å². The highest BCUT2D eigenvalue weighted by Gasteiger charge is 2.30. The molecule has 0 bridgehead atoms. The van der Waals surface area contributed by atoms with Gasteiger partial charge in [-0.05, 0) is 56.5 Å². The van der Waals surface area contributed by atoms with Crippen LogP contribution >= 0.6 is 11.6 Å². The summed E-state index contributed by atoms with van der Waals surface area (Å²) in [5, 5.41) is 3.18. The van der Waals surface area contributed by atoms with Crippen LogP contribution in [0.2, 0.25) is 5.02 Å². The lowest BCUT2D eigenvalue weighted by molar-refractivity contribution is -0.139. The number of anilines is 1. The number of halogens is 1. The van der Waals surface area contributed by atoms with Crippen molar-refractivity contribution >= 4 is 39.1 Å². The molecule has 0 aromatic heterocycles. The average molecular weight is 480 g/mol. The van der Waals surface area contributed by atoms with Crippen LogP contribution in [0.25, 0.3) is 0 Å². The second-order valence-electron chi connectivity index (χ2n) is 7.67. The van der Waals surface area contributed by atoms with Gasteiger partial charge in [0.05, 0.1) is 11.9 Å². The Bertz CT molecular complexity index is 1090. The van der Waals surface area contributed by atoms with Gasteiger partial charge in [-0.1, -0.05) is 41.9 Å². The maximum absolute atomic E-state index is 13.4. The molecule has 0 radical (unpaired) electrons. The summed E-state index contributed by atoms with van der Waals surface area (Å²) in [5.41, 5.74) is 2.77. The second-order valence-corrected chi connectivity index (χ2v) is 9.99. The molecule has 0 saturated heterocycles. The Kier molecular flexibility index (Phi) is 8.69. The predicted molar refractivity (Wildman–Crippen MR) is 128 cm³/mol. The highest BCUT2D eigenvalue weighted by atomic mass is 35.5. The lowest BCUT2D eigenvalue weighted by Crippen LogP contribution is -2.51. The molecule has 2 amide bonds. The van der Waals surface area contributed by atoms with E-state index in [4.69, 9.17) is 11.6 Å². The van der Waals surface area contributed by atoms with Crippen molar-refractivity contribution in [3.05, 3.63) is 64.2 Å². The van der Waals surface area contributed by atoms with Crippen LogP contribution in [0.3, 0.4) is 0 Å². The molecule has 0 fully saturated rings. The van der Waals surface area contributed by atoms with Crippen molar-refractivity contribution < 1.29 is 18.0 Å². The lowest BCUT2D eigenvalue weighted by atomic mass is 10.1. The molecular formula is C23H30ClN3O4S. The van der Waals surface area contributed by atoms with Gasteiger partial charge in [0.1, 0.15) is 12.6 Å². The number of rotatable bonds is 9. The van der Waals surface area contributed by atoms with Crippen molar-refractivity contribution in [3.8, 4) is 0 Å². The van der Waals surface area contributed by atoms with Crippen molar-refractivity contribution in [2.45, 2.75) is 40.3 Å². The minimum atomic E-state index is -3.76. The van der Waals surface area contributed by atoms with Crippen LogP contribution in [0.4, 0.5) is 5.69 Å². The summed E-state index contributed by atoms with van der Waals surface area (Å²) >= 11 is 6.29. The van der Waals surface area contributed by atoms with E-state index in [-0.39, 0.29) is 12.5 Å². The fraction of sp³-hybridized carbons (Fsp3) is 0.391. The van der Waals surface area contributed by atoms with Crippen LogP contribution in [0.5, 0.6) is 0 Å². The van der Waals surface area contributed by atoms with Crippen LogP contribution in [-0.4, -0.2) is 50.5 Å². The number of hydrogen-bond acceptors (Lipinski definition) is 4. The molecule has 0 aliphatic heterocycles. The van der Waals surface area contributed by atoms with Crippen molar-refractivity contribution in [1.29, 1.82) is 0 Å². The highest BCUT2D eigenvalue weighted by molar-refractivity contribution is 7.92. The third-order valence-corrected chi connectivity index (χ3v) is 6.84. The van der Waals surface area contributed by atoms with Gasteiger partial charge in [0.15, 0.2) is 0 Å². The first-order valence-corrected chi connectivity index (χ1v) is 12.5. The number of hydrogen-bond donors (Lipinski definition) is 1. The number of nitrogens with one attached hydrogen (secondary N) is 1. The normalized spacial score (nSPS) is 12.2. The van der Waals surface area contributed by atoms with E-state index in [1.54, 1.807) is 50.2 Å². The topological polar surface area (TPSA) is 86.8 Å². The van der Waals surface area contributed by atoms with Crippen LogP contribution < -0.4 is 9.62 Å². The maximum Gasteiger partial charge on any atom is 0.244 e. The van der Waals surface area contributed by atoms with Gasteiger partial charge < -0.3 is 10.2 Å². The average Bonchev–Trinajstić information content (AvgIpc) is 2.72. The fourth-order valence-corrected chi connectivity index (χ4v) is 4.41. The standard InChI is InChI=1S/C23H30ClN3O4S/c1-6-25-23(29)18(4)26(14-19-11-7-8-12-20(19)24)22(28)15-27(32(5,30)31)21-13-9-10-16(2)17(21)3/h7-13,18H,6,14-15H2,1-5H3,(H,25,29). The second kappa shape index (κ2) is 10.8. The van der Waals surface area contributed by atoms with E-state index in [2.05, 4.69) is 5.32 Å². The third-order valence-electron chi connectivity index (χ3n) is 5.34. The van der Waals surface area contributed by atoms with Crippen LogP contribution in [0, 0.1) is 13.8 Å². The third kappa shape index (κ3) is 6.23. The predicted octanol–water partition coefficient (Wildman–Crippen LogP) is 3.28. The number of carbonyl (C=O) groups excluding carboxylic acids is 2. The van der Waals surface area contributed by atoms with Gasteiger partial charge in [-0.25, -0.2) is 8.42 Å². The Labute approximate surface area is 195 Å². The zero-order chi connectivity index (χ0) is 24.1. The van der Waals surface area contributed by atoms with Gasteiger partial charge in [-0.2, -0.15) is 0 Å². The highest BCUT2D eigenvalue weighted by Crippen LogP contribution is 2.26. The number of sulfonamides is 1. The molecule has 9 heteroatoms. The zero-order valence-electron chi connectivity index (χ0n) is 19.1.